The largest absolute Gasteiger partial charge is 0.231 e. The Hall–Kier alpha value is -8.21. The van der Waals surface area contributed by atoms with Crippen molar-refractivity contribution in [2.75, 3.05) is 0 Å². The van der Waals surface area contributed by atoms with E-state index >= 15 is 0 Å². The number of pyridine rings is 1. The quantitative estimate of drug-likeness (QED) is 0.154. The summed E-state index contributed by atoms with van der Waals surface area (Å²) in [5.41, 5.74) is 16.7. The lowest BCUT2D eigenvalue weighted by molar-refractivity contribution is 0.979. The first-order valence-electron chi connectivity index (χ1n) is 20.6. The van der Waals surface area contributed by atoms with Gasteiger partial charge in [-0.1, -0.05) is 206 Å². The molecule has 0 saturated heterocycles. The van der Waals surface area contributed by atoms with Gasteiger partial charge in [0, 0.05) is 38.8 Å². The van der Waals surface area contributed by atoms with Gasteiger partial charge in [-0.25, -0.2) is 14.5 Å². The minimum absolute atomic E-state index is 0.672. The van der Waals surface area contributed by atoms with Gasteiger partial charge in [-0.15, -0.1) is 0 Å². The molecule has 0 saturated carbocycles. The lowest BCUT2D eigenvalue weighted by Crippen LogP contribution is -1.97. The molecule has 0 radical (unpaired) electrons. The number of benzene rings is 8. The third-order valence-corrected chi connectivity index (χ3v) is 11.4. The fraction of sp³-hybridized carbons (Fsp3) is 0. The highest BCUT2D eigenvalue weighted by Gasteiger charge is 2.23. The van der Waals surface area contributed by atoms with Crippen LogP contribution in [-0.4, -0.2) is 19.6 Å². The van der Waals surface area contributed by atoms with Gasteiger partial charge in [0.05, 0.1) is 22.6 Å². The molecule has 4 heteroatoms. The van der Waals surface area contributed by atoms with E-state index in [-0.39, 0.29) is 0 Å². The summed E-state index contributed by atoms with van der Waals surface area (Å²) < 4.78 is 2.15. The van der Waals surface area contributed by atoms with Gasteiger partial charge < -0.3 is 0 Å². The van der Waals surface area contributed by atoms with Gasteiger partial charge in [-0.2, -0.15) is 5.10 Å². The van der Waals surface area contributed by atoms with Crippen molar-refractivity contribution in [2.24, 2.45) is 0 Å². The van der Waals surface area contributed by atoms with Gasteiger partial charge in [0.15, 0.2) is 5.82 Å². The second kappa shape index (κ2) is 15.5. The number of rotatable bonds is 8. The molecule has 286 valence electrons. The van der Waals surface area contributed by atoms with E-state index in [1.165, 1.54) is 5.56 Å². The summed E-state index contributed by atoms with van der Waals surface area (Å²) in [5.74, 6) is 0.672. The molecule has 0 aliphatic heterocycles. The molecular weight excluding hydrogens is 741 g/mol. The molecule has 11 aromatic rings. The Balaban J connectivity index is 1.12. The first-order chi connectivity index (χ1) is 30.2. The second-order valence-electron chi connectivity index (χ2n) is 15.2. The Labute approximate surface area is 354 Å². The van der Waals surface area contributed by atoms with Crippen molar-refractivity contribution in [3.05, 3.63) is 231 Å². The van der Waals surface area contributed by atoms with E-state index in [9.17, 15) is 0 Å². The maximum atomic E-state index is 5.43. The summed E-state index contributed by atoms with van der Waals surface area (Å²) in [6, 6.07) is 80.9. The predicted octanol–water partition coefficient (Wildman–Crippen LogP) is 14.6. The van der Waals surface area contributed by atoms with Crippen LogP contribution in [0.1, 0.15) is 0 Å². The van der Waals surface area contributed by atoms with E-state index in [2.05, 4.69) is 223 Å². The smallest absolute Gasteiger partial charge is 0.160 e. The average molecular weight is 779 g/mol. The van der Waals surface area contributed by atoms with E-state index in [1.807, 2.05) is 12.1 Å². The summed E-state index contributed by atoms with van der Waals surface area (Å²) in [6.45, 7) is 0. The zero-order valence-electron chi connectivity index (χ0n) is 33.2. The van der Waals surface area contributed by atoms with Crippen LogP contribution < -0.4 is 0 Å². The Morgan fingerprint density at radius 2 is 0.803 bits per heavy atom. The molecule has 3 heterocycles. The van der Waals surface area contributed by atoms with Crippen molar-refractivity contribution in [1.82, 2.24) is 19.6 Å². The number of nitrogens with zero attached hydrogens (tertiary/aromatic N) is 4. The van der Waals surface area contributed by atoms with Crippen LogP contribution in [0.5, 0.6) is 0 Å². The average Bonchev–Trinajstić information content (AvgIpc) is 3.76. The molecule has 3 aromatic heterocycles. The lowest BCUT2D eigenvalue weighted by atomic mass is 9.93. The predicted molar refractivity (Wildman–Crippen MR) is 252 cm³/mol. The van der Waals surface area contributed by atoms with Gasteiger partial charge in [-0.05, 0) is 57.5 Å². The number of aromatic nitrogens is 4. The zero-order chi connectivity index (χ0) is 40.5. The van der Waals surface area contributed by atoms with E-state index in [0.29, 0.717) is 5.82 Å². The highest BCUT2D eigenvalue weighted by atomic mass is 15.2. The first-order valence-corrected chi connectivity index (χ1v) is 20.6. The number of fused-ring (bicyclic) bond motifs is 3. The van der Waals surface area contributed by atoms with Crippen LogP contribution in [0.4, 0.5) is 0 Å². The minimum atomic E-state index is 0.672. The molecule has 61 heavy (non-hydrogen) atoms. The molecule has 0 aliphatic rings. The van der Waals surface area contributed by atoms with Crippen molar-refractivity contribution in [3.63, 3.8) is 0 Å². The van der Waals surface area contributed by atoms with Crippen LogP contribution in [0.3, 0.4) is 0 Å². The highest BCUT2D eigenvalue weighted by molar-refractivity contribution is 6.12. The summed E-state index contributed by atoms with van der Waals surface area (Å²) in [7, 11) is 0. The normalized spacial score (nSPS) is 11.3. The molecule has 0 aliphatic carbocycles. The fourth-order valence-electron chi connectivity index (χ4n) is 8.50. The molecule has 0 amide bonds. The van der Waals surface area contributed by atoms with Crippen molar-refractivity contribution in [1.29, 1.82) is 0 Å². The van der Waals surface area contributed by atoms with Crippen LogP contribution in [0.15, 0.2) is 231 Å². The zero-order valence-corrected chi connectivity index (χ0v) is 33.2. The van der Waals surface area contributed by atoms with Crippen LogP contribution in [-0.2, 0) is 0 Å². The third-order valence-electron chi connectivity index (χ3n) is 11.4. The summed E-state index contributed by atoms with van der Waals surface area (Å²) >= 11 is 0. The minimum Gasteiger partial charge on any atom is -0.231 e. The SMILES string of the molecule is c1ccc(-c2cccc(-c3cc(-c4ccccc4)nc(-c4cccc(-c5cccc6c5cc(-c5ccccc5)n5nc(-c7ccccc7)c(-c7ccccc7)c65)c4)n3)c2)cc1. The Morgan fingerprint density at radius 1 is 0.311 bits per heavy atom. The van der Waals surface area contributed by atoms with Gasteiger partial charge in [0.2, 0.25) is 0 Å². The molecular formula is C57H38N4. The third kappa shape index (κ3) is 6.76. The first kappa shape index (κ1) is 35.9. The van der Waals surface area contributed by atoms with E-state index < -0.39 is 0 Å². The maximum absolute atomic E-state index is 5.43. The van der Waals surface area contributed by atoms with Gasteiger partial charge in [0.25, 0.3) is 0 Å². The van der Waals surface area contributed by atoms with E-state index in [1.54, 1.807) is 0 Å². The molecule has 0 bridgehead atoms. The van der Waals surface area contributed by atoms with E-state index in [0.717, 1.165) is 94.7 Å². The van der Waals surface area contributed by atoms with Crippen LogP contribution >= 0.6 is 0 Å². The van der Waals surface area contributed by atoms with Gasteiger partial charge in [-0.3, -0.25) is 0 Å². The summed E-state index contributed by atoms with van der Waals surface area (Å²) in [4.78, 5) is 10.5. The standard InChI is InChI=1S/C57H38N4/c1-6-19-39(20-7-1)44-29-16-31-46(35-44)52-38-51(40-21-8-2-9-22-40)58-57(59-52)47-32-17-30-45(36-47)48-33-18-34-49-50(48)37-53(41-23-10-3-11-24-41)61-56(49)54(42-25-12-4-13-26-42)55(60-61)43-27-14-5-15-28-43/h1-38H. The Bertz CT molecular complexity index is 3320. The summed E-state index contributed by atoms with van der Waals surface area (Å²) in [5, 5.41) is 7.69. The molecule has 0 spiro atoms. The molecule has 11 rings (SSSR count). The maximum Gasteiger partial charge on any atom is 0.160 e. The number of hydrogen-bond acceptors (Lipinski definition) is 3. The second-order valence-corrected chi connectivity index (χ2v) is 15.2. The Morgan fingerprint density at radius 3 is 1.48 bits per heavy atom. The topological polar surface area (TPSA) is 43.1 Å². The fourth-order valence-corrected chi connectivity index (χ4v) is 8.50. The van der Waals surface area contributed by atoms with Gasteiger partial charge >= 0.3 is 0 Å². The van der Waals surface area contributed by atoms with Crippen molar-refractivity contribution >= 4 is 16.3 Å². The van der Waals surface area contributed by atoms with Crippen LogP contribution in [0.2, 0.25) is 0 Å². The molecule has 0 N–H and O–H groups in total. The monoisotopic (exact) mass is 778 g/mol. The van der Waals surface area contributed by atoms with E-state index in [4.69, 9.17) is 15.1 Å². The number of hydrogen-bond donors (Lipinski definition) is 0. The van der Waals surface area contributed by atoms with Crippen LogP contribution in [0, 0.1) is 0 Å². The van der Waals surface area contributed by atoms with Crippen molar-refractivity contribution in [3.8, 4) is 89.8 Å². The van der Waals surface area contributed by atoms with Crippen molar-refractivity contribution < 1.29 is 0 Å². The van der Waals surface area contributed by atoms with Crippen LogP contribution in [0.25, 0.3) is 106 Å². The molecule has 0 unspecified atom stereocenters. The molecule has 0 fully saturated rings. The summed E-state index contributed by atoms with van der Waals surface area (Å²) in [6.07, 6.45) is 0. The lowest BCUT2D eigenvalue weighted by Gasteiger charge is -2.15. The molecule has 8 aromatic carbocycles. The van der Waals surface area contributed by atoms with Crippen molar-refractivity contribution in [2.45, 2.75) is 0 Å². The molecule has 0 atom stereocenters. The molecule has 4 nitrogen and oxygen atoms in total. The van der Waals surface area contributed by atoms with Gasteiger partial charge in [0.1, 0.15) is 5.69 Å². The Kier molecular flexibility index (Phi) is 9.14. The highest BCUT2D eigenvalue weighted by Crippen LogP contribution is 2.43.